The van der Waals surface area contributed by atoms with E-state index in [9.17, 15) is 0 Å². The van der Waals surface area contributed by atoms with Gasteiger partial charge in [0.15, 0.2) is 0 Å². The first-order valence-electron chi connectivity index (χ1n) is 9.43. The lowest BCUT2D eigenvalue weighted by Gasteiger charge is -2.33. The summed E-state index contributed by atoms with van der Waals surface area (Å²) >= 11 is 0. The van der Waals surface area contributed by atoms with Gasteiger partial charge in [0.05, 0.1) is 0 Å². The van der Waals surface area contributed by atoms with Crippen molar-refractivity contribution < 1.29 is 4.74 Å². The molecule has 2 aliphatic rings. The lowest BCUT2D eigenvalue weighted by molar-refractivity contribution is 0.115. The van der Waals surface area contributed by atoms with E-state index in [2.05, 4.69) is 17.1 Å². The van der Waals surface area contributed by atoms with Crippen LogP contribution in [-0.2, 0) is 4.74 Å². The van der Waals surface area contributed by atoms with Crippen LogP contribution in [-0.4, -0.2) is 50.3 Å². The minimum atomic E-state index is 0.744. The maximum atomic E-state index is 5.70. The van der Waals surface area contributed by atoms with Crippen LogP contribution in [0.15, 0.2) is 0 Å². The van der Waals surface area contributed by atoms with Crippen LogP contribution < -0.4 is 5.32 Å². The predicted molar refractivity (Wildman–Crippen MR) is 89.8 cm³/mol. The summed E-state index contributed by atoms with van der Waals surface area (Å²) in [6, 6.07) is 0.744. The molecule has 0 spiro atoms. The summed E-state index contributed by atoms with van der Waals surface area (Å²) < 4.78 is 5.70. The van der Waals surface area contributed by atoms with Crippen molar-refractivity contribution >= 4 is 0 Å². The van der Waals surface area contributed by atoms with Crippen molar-refractivity contribution in [2.24, 2.45) is 5.92 Å². The van der Waals surface area contributed by atoms with Crippen LogP contribution in [0.5, 0.6) is 0 Å². The first-order valence-corrected chi connectivity index (χ1v) is 9.43. The highest BCUT2D eigenvalue weighted by atomic mass is 16.5. The van der Waals surface area contributed by atoms with Crippen LogP contribution in [0.25, 0.3) is 0 Å². The van der Waals surface area contributed by atoms with E-state index in [4.69, 9.17) is 4.74 Å². The molecule has 0 radical (unpaired) electrons. The highest BCUT2D eigenvalue weighted by molar-refractivity contribution is 4.84. The lowest BCUT2D eigenvalue weighted by Crippen LogP contribution is -2.44. The zero-order chi connectivity index (χ0) is 14.8. The Kier molecular flexibility index (Phi) is 8.68. The Labute approximate surface area is 131 Å². The SMILES string of the molecule is CCCCOCCCN1CCCNC(C2CCCCC2)C1. The molecule has 0 aromatic carbocycles. The highest BCUT2D eigenvalue weighted by Crippen LogP contribution is 2.27. The molecule has 3 heteroatoms. The molecule has 0 bridgehead atoms. The van der Waals surface area contributed by atoms with Gasteiger partial charge in [0.2, 0.25) is 0 Å². The molecule has 1 atom stereocenters. The van der Waals surface area contributed by atoms with Crippen LogP contribution in [0.4, 0.5) is 0 Å². The van der Waals surface area contributed by atoms with Gasteiger partial charge in [-0.05, 0) is 51.1 Å². The van der Waals surface area contributed by atoms with Gasteiger partial charge >= 0.3 is 0 Å². The van der Waals surface area contributed by atoms with Gasteiger partial charge < -0.3 is 15.0 Å². The average Bonchev–Trinajstić information content (AvgIpc) is 2.77. The van der Waals surface area contributed by atoms with Gasteiger partial charge in [-0.2, -0.15) is 0 Å². The molecular formula is C18H36N2O. The third-order valence-electron chi connectivity index (χ3n) is 5.14. The summed E-state index contributed by atoms with van der Waals surface area (Å²) in [6.45, 7) is 9.08. The Balaban J connectivity index is 1.64. The number of ether oxygens (including phenoxy) is 1. The second kappa shape index (κ2) is 10.6. The molecule has 0 aromatic heterocycles. The lowest BCUT2D eigenvalue weighted by atomic mass is 9.83. The standard InChI is InChI=1S/C18H36N2O/c1-2-3-14-21-15-8-13-20-12-7-11-19-18(16-20)17-9-5-4-6-10-17/h17-19H,2-16H2,1H3. The van der Waals surface area contributed by atoms with E-state index in [-0.39, 0.29) is 0 Å². The van der Waals surface area contributed by atoms with E-state index in [1.165, 1.54) is 84.0 Å². The molecule has 21 heavy (non-hydrogen) atoms. The van der Waals surface area contributed by atoms with E-state index in [0.29, 0.717) is 0 Å². The molecule has 124 valence electrons. The summed E-state index contributed by atoms with van der Waals surface area (Å²) in [4.78, 5) is 2.68. The molecule has 2 rings (SSSR count). The largest absolute Gasteiger partial charge is 0.381 e. The molecule has 1 unspecified atom stereocenters. The molecule has 3 nitrogen and oxygen atoms in total. The zero-order valence-corrected chi connectivity index (χ0v) is 14.1. The number of nitrogens with zero attached hydrogens (tertiary/aromatic N) is 1. The summed E-state index contributed by atoms with van der Waals surface area (Å²) in [5, 5.41) is 3.83. The first-order chi connectivity index (χ1) is 10.4. The third-order valence-corrected chi connectivity index (χ3v) is 5.14. The summed E-state index contributed by atoms with van der Waals surface area (Å²) in [7, 11) is 0. The van der Waals surface area contributed by atoms with Crippen LogP contribution in [0.2, 0.25) is 0 Å². The van der Waals surface area contributed by atoms with Crippen molar-refractivity contribution in [1.82, 2.24) is 10.2 Å². The highest BCUT2D eigenvalue weighted by Gasteiger charge is 2.26. The summed E-state index contributed by atoms with van der Waals surface area (Å²) in [5.74, 6) is 0.931. The van der Waals surface area contributed by atoms with Crippen molar-refractivity contribution in [1.29, 1.82) is 0 Å². The number of rotatable bonds is 8. The first kappa shape index (κ1) is 17.2. The van der Waals surface area contributed by atoms with Gasteiger partial charge in [-0.3, -0.25) is 0 Å². The minimum absolute atomic E-state index is 0.744. The van der Waals surface area contributed by atoms with Gasteiger partial charge in [0.1, 0.15) is 0 Å². The van der Waals surface area contributed by atoms with Crippen LogP contribution in [0.3, 0.4) is 0 Å². The maximum Gasteiger partial charge on any atom is 0.0478 e. The summed E-state index contributed by atoms with van der Waals surface area (Å²) in [6.07, 6.45) is 12.2. The van der Waals surface area contributed by atoms with Crippen LogP contribution in [0.1, 0.15) is 64.7 Å². The second-order valence-corrected chi connectivity index (χ2v) is 6.93. The Bertz CT molecular complexity index is 254. The number of unbranched alkanes of at least 4 members (excludes halogenated alkanes) is 1. The zero-order valence-electron chi connectivity index (χ0n) is 14.1. The predicted octanol–water partition coefficient (Wildman–Crippen LogP) is 3.44. The van der Waals surface area contributed by atoms with E-state index < -0.39 is 0 Å². The van der Waals surface area contributed by atoms with Crippen LogP contribution in [0, 0.1) is 5.92 Å². The molecule has 0 aromatic rings. The van der Waals surface area contributed by atoms with Crippen molar-refractivity contribution in [3.05, 3.63) is 0 Å². The Hall–Kier alpha value is -0.120. The fraction of sp³-hybridized carbons (Fsp3) is 1.00. The molecule has 1 heterocycles. The van der Waals surface area contributed by atoms with Crippen LogP contribution >= 0.6 is 0 Å². The molecule has 1 aliphatic carbocycles. The van der Waals surface area contributed by atoms with Gasteiger partial charge in [-0.25, -0.2) is 0 Å². The average molecular weight is 296 g/mol. The Morgan fingerprint density at radius 1 is 1.05 bits per heavy atom. The second-order valence-electron chi connectivity index (χ2n) is 6.93. The molecule has 0 amide bonds. The van der Waals surface area contributed by atoms with Crippen molar-refractivity contribution in [3.63, 3.8) is 0 Å². The summed E-state index contributed by atoms with van der Waals surface area (Å²) in [5.41, 5.74) is 0. The third kappa shape index (κ3) is 6.66. The van der Waals surface area contributed by atoms with Crippen molar-refractivity contribution in [2.45, 2.75) is 70.8 Å². The Morgan fingerprint density at radius 3 is 2.67 bits per heavy atom. The van der Waals surface area contributed by atoms with Gasteiger partial charge in [-0.1, -0.05) is 32.6 Å². The molecule has 1 saturated heterocycles. The minimum Gasteiger partial charge on any atom is -0.381 e. The Morgan fingerprint density at radius 2 is 1.86 bits per heavy atom. The van der Waals surface area contributed by atoms with Gasteiger partial charge in [0.25, 0.3) is 0 Å². The van der Waals surface area contributed by atoms with Gasteiger partial charge in [-0.15, -0.1) is 0 Å². The molecular weight excluding hydrogens is 260 g/mol. The molecule has 1 saturated carbocycles. The fourth-order valence-corrected chi connectivity index (χ4v) is 3.82. The molecule has 1 aliphatic heterocycles. The van der Waals surface area contributed by atoms with E-state index in [1.54, 1.807) is 0 Å². The monoisotopic (exact) mass is 296 g/mol. The number of hydrogen-bond donors (Lipinski definition) is 1. The fourth-order valence-electron chi connectivity index (χ4n) is 3.82. The van der Waals surface area contributed by atoms with E-state index >= 15 is 0 Å². The quantitative estimate of drug-likeness (QED) is 0.694. The van der Waals surface area contributed by atoms with Crippen molar-refractivity contribution in [2.75, 3.05) is 39.4 Å². The normalized spacial score (nSPS) is 25.9. The van der Waals surface area contributed by atoms with Crippen molar-refractivity contribution in [3.8, 4) is 0 Å². The maximum absolute atomic E-state index is 5.70. The van der Waals surface area contributed by atoms with E-state index in [1.807, 2.05) is 0 Å². The molecule has 2 fully saturated rings. The topological polar surface area (TPSA) is 24.5 Å². The number of nitrogens with one attached hydrogen (secondary N) is 1. The number of hydrogen-bond acceptors (Lipinski definition) is 3. The smallest absolute Gasteiger partial charge is 0.0478 e. The van der Waals surface area contributed by atoms with Gasteiger partial charge in [0, 0.05) is 32.3 Å². The molecule has 1 N–H and O–H groups in total. The van der Waals surface area contributed by atoms with E-state index in [0.717, 1.165) is 25.2 Å².